The van der Waals surface area contributed by atoms with Gasteiger partial charge in [0.05, 0.1) is 0 Å². The Morgan fingerprint density at radius 3 is 2.39 bits per heavy atom. The molecule has 0 N–H and O–H groups in total. The van der Waals surface area contributed by atoms with E-state index in [0.717, 1.165) is 16.6 Å². The van der Waals surface area contributed by atoms with Crippen LogP contribution in [0, 0.1) is 0 Å². The molecule has 0 radical (unpaired) electrons. The molecule has 114 valence electrons. The van der Waals surface area contributed by atoms with E-state index < -0.39 is 0 Å². The monoisotopic (exact) mass is 301 g/mol. The number of hydrogen-bond acceptors (Lipinski definition) is 1. The van der Waals surface area contributed by atoms with E-state index in [4.69, 9.17) is 0 Å². The first kappa shape index (κ1) is 15.0. The molecule has 23 heavy (non-hydrogen) atoms. The van der Waals surface area contributed by atoms with Crippen molar-refractivity contribution >= 4 is 28.4 Å². The zero-order valence-electron chi connectivity index (χ0n) is 13.1. The summed E-state index contributed by atoms with van der Waals surface area (Å²) in [6.07, 6.45) is 3.55. The summed E-state index contributed by atoms with van der Waals surface area (Å²) in [6, 6.07) is 24.1. The van der Waals surface area contributed by atoms with Crippen LogP contribution in [0.1, 0.15) is 12.5 Å². The summed E-state index contributed by atoms with van der Waals surface area (Å²) in [5.74, 6) is -0.00775. The van der Waals surface area contributed by atoms with Gasteiger partial charge < -0.3 is 4.90 Å². The van der Waals surface area contributed by atoms with Gasteiger partial charge in [0, 0.05) is 18.3 Å². The lowest BCUT2D eigenvalue weighted by Gasteiger charge is -2.19. The zero-order valence-corrected chi connectivity index (χ0v) is 13.1. The smallest absolute Gasteiger partial charge is 0.250 e. The first-order valence-corrected chi connectivity index (χ1v) is 7.82. The van der Waals surface area contributed by atoms with E-state index in [-0.39, 0.29) is 5.91 Å². The lowest BCUT2D eigenvalue weighted by molar-refractivity contribution is -0.114. The molecule has 0 aromatic heterocycles. The molecule has 1 amide bonds. The van der Waals surface area contributed by atoms with Gasteiger partial charge in [-0.25, -0.2) is 0 Å². The van der Waals surface area contributed by atoms with Gasteiger partial charge in [-0.05, 0) is 41.5 Å². The molecule has 0 heterocycles. The molecule has 0 bridgehead atoms. The third-order valence-corrected chi connectivity index (χ3v) is 3.88. The SMILES string of the molecule is CCN(C(=O)/C=C/c1cccc2ccccc12)c1ccccc1. The highest BCUT2D eigenvalue weighted by atomic mass is 16.2. The summed E-state index contributed by atoms with van der Waals surface area (Å²) in [5.41, 5.74) is 1.98. The molecular weight excluding hydrogens is 282 g/mol. The Morgan fingerprint density at radius 2 is 1.61 bits per heavy atom. The summed E-state index contributed by atoms with van der Waals surface area (Å²) < 4.78 is 0. The fourth-order valence-corrected chi connectivity index (χ4v) is 2.72. The van der Waals surface area contributed by atoms with Gasteiger partial charge in [-0.3, -0.25) is 4.79 Å². The number of fused-ring (bicyclic) bond motifs is 1. The first-order valence-electron chi connectivity index (χ1n) is 7.82. The molecule has 0 aliphatic rings. The van der Waals surface area contributed by atoms with Crippen molar-refractivity contribution in [3.8, 4) is 0 Å². The average Bonchev–Trinajstić information content (AvgIpc) is 2.61. The van der Waals surface area contributed by atoms with Crippen LogP contribution in [0.15, 0.2) is 78.9 Å². The van der Waals surface area contributed by atoms with Gasteiger partial charge in [0.2, 0.25) is 0 Å². The van der Waals surface area contributed by atoms with E-state index >= 15 is 0 Å². The number of amides is 1. The van der Waals surface area contributed by atoms with Crippen molar-refractivity contribution in [1.82, 2.24) is 0 Å². The molecule has 0 aliphatic heterocycles. The zero-order chi connectivity index (χ0) is 16.1. The molecule has 3 aromatic carbocycles. The number of rotatable bonds is 4. The molecule has 0 fully saturated rings. The second-order valence-electron chi connectivity index (χ2n) is 5.32. The van der Waals surface area contributed by atoms with Crippen LogP contribution in [0.3, 0.4) is 0 Å². The normalized spacial score (nSPS) is 11.0. The Bertz CT molecular complexity index is 831. The lowest BCUT2D eigenvalue weighted by atomic mass is 10.0. The van der Waals surface area contributed by atoms with Crippen molar-refractivity contribution in [3.63, 3.8) is 0 Å². The maximum atomic E-state index is 12.5. The minimum Gasteiger partial charge on any atom is -0.309 e. The molecular formula is C21H19NO. The third-order valence-electron chi connectivity index (χ3n) is 3.88. The molecule has 0 aliphatic carbocycles. The van der Waals surface area contributed by atoms with E-state index in [1.54, 1.807) is 11.0 Å². The molecule has 0 spiro atoms. The number of para-hydroxylation sites is 1. The first-order chi connectivity index (χ1) is 11.3. The minimum atomic E-state index is -0.00775. The standard InChI is InChI=1S/C21H19NO/c1-2-22(19-12-4-3-5-13-19)21(23)16-15-18-11-8-10-17-9-6-7-14-20(17)18/h3-16H,2H2,1H3/b16-15+. The Balaban J connectivity index is 1.88. The topological polar surface area (TPSA) is 20.3 Å². The molecule has 0 unspecified atom stereocenters. The fraction of sp³-hybridized carbons (Fsp3) is 0.0952. The number of carbonyl (C=O) groups excluding carboxylic acids is 1. The quantitative estimate of drug-likeness (QED) is 0.627. The highest BCUT2D eigenvalue weighted by Gasteiger charge is 2.10. The van der Waals surface area contributed by atoms with Crippen LogP contribution >= 0.6 is 0 Å². The number of likely N-dealkylation sites (N-methyl/N-ethyl adjacent to an activating group) is 1. The van der Waals surface area contributed by atoms with Crippen LogP contribution in [-0.4, -0.2) is 12.5 Å². The van der Waals surface area contributed by atoms with Crippen LogP contribution in [0.4, 0.5) is 5.69 Å². The van der Waals surface area contributed by atoms with Crippen LogP contribution in [-0.2, 0) is 4.79 Å². The molecule has 2 heteroatoms. The van der Waals surface area contributed by atoms with Crippen LogP contribution in [0.25, 0.3) is 16.8 Å². The molecule has 2 nitrogen and oxygen atoms in total. The van der Waals surface area contributed by atoms with Gasteiger partial charge in [0.15, 0.2) is 0 Å². The van der Waals surface area contributed by atoms with Crippen molar-refractivity contribution in [1.29, 1.82) is 0 Å². The Kier molecular flexibility index (Phi) is 4.53. The van der Waals surface area contributed by atoms with Crippen LogP contribution in [0.2, 0.25) is 0 Å². The van der Waals surface area contributed by atoms with E-state index in [1.807, 2.05) is 67.6 Å². The van der Waals surface area contributed by atoms with Gasteiger partial charge in [-0.2, -0.15) is 0 Å². The Labute approximate surface area is 136 Å². The summed E-state index contributed by atoms with van der Waals surface area (Å²) in [6.45, 7) is 2.62. The van der Waals surface area contributed by atoms with Crippen molar-refractivity contribution < 1.29 is 4.79 Å². The predicted octanol–water partition coefficient (Wildman–Crippen LogP) is 4.91. The number of anilines is 1. The number of benzene rings is 3. The van der Waals surface area contributed by atoms with E-state index in [9.17, 15) is 4.79 Å². The second kappa shape index (κ2) is 6.93. The van der Waals surface area contributed by atoms with Gasteiger partial charge in [0.25, 0.3) is 5.91 Å². The fourth-order valence-electron chi connectivity index (χ4n) is 2.72. The van der Waals surface area contributed by atoms with Crippen LogP contribution < -0.4 is 4.90 Å². The molecule has 0 saturated heterocycles. The number of hydrogen-bond donors (Lipinski definition) is 0. The average molecular weight is 301 g/mol. The summed E-state index contributed by atoms with van der Waals surface area (Å²) in [4.78, 5) is 14.3. The van der Waals surface area contributed by atoms with Crippen molar-refractivity contribution in [2.75, 3.05) is 11.4 Å². The number of carbonyl (C=O) groups is 1. The van der Waals surface area contributed by atoms with Gasteiger partial charge in [-0.15, -0.1) is 0 Å². The molecule has 0 atom stereocenters. The highest BCUT2D eigenvalue weighted by Crippen LogP contribution is 2.20. The minimum absolute atomic E-state index is 0.00775. The Hall–Kier alpha value is -2.87. The van der Waals surface area contributed by atoms with Gasteiger partial charge in [0.1, 0.15) is 0 Å². The number of nitrogens with zero attached hydrogens (tertiary/aromatic N) is 1. The van der Waals surface area contributed by atoms with E-state index in [2.05, 4.69) is 18.2 Å². The van der Waals surface area contributed by atoms with Crippen molar-refractivity contribution in [2.45, 2.75) is 6.92 Å². The molecule has 0 saturated carbocycles. The second-order valence-corrected chi connectivity index (χ2v) is 5.32. The highest BCUT2D eigenvalue weighted by molar-refractivity contribution is 6.05. The Morgan fingerprint density at radius 1 is 0.913 bits per heavy atom. The van der Waals surface area contributed by atoms with E-state index in [0.29, 0.717) is 6.54 Å². The molecule has 3 aromatic rings. The summed E-state index contributed by atoms with van der Waals surface area (Å²) in [5, 5.41) is 2.33. The van der Waals surface area contributed by atoms with Crippen molar-refractivity contribution in [3.05, 3.63) is 84.4 Å². The van der Waals surface area contributed by atoms with Crippen molar-refractivity contribution in [2.24, 2.45) is 0 Å². The largest absolute Gasteiger partial charge is 0.309 e. The van der Waals surface area contributed by atoms with Gasteiger partial charge in [-0.1, -0.05) is 60.7 Å². The summed E-state index contributed by atoms with van der Waals surface area (Å²) >= 11 is 0. The summed E-state index contributed by atoms with van der Waals surface area (Å²) in [7, 11) is 0. The van der Waals surface area contributed by atoms with Crippen LogP contribution in [0.5, 0.6) is 0 Å². The maximum absolute atomic E-state index is 12.5. The predicted molar refractivity (Wildman–Crippen MR) is 97.5 cm³/mol. The van der Waals surface area contributed by atoms with E-state index in [1.165, 1.54) is 5.39 Å². The molecule has 3 rings (SSSR count). The van der Waals surface area contributed by atoms with Gasteiger partial charge >= 0.3 is 0 Å². The third kappa shape index (κ3) is 3.32. The lowest BCUT2D eigenvalue weighted by Crippen LogP contribution is -2.28. The maximum Gasteiger partial charge on any atom is 0.250 e.